The van der Waals surface area contributed by atoms with Gasteiger partial charge in [0.2, 0.25) is 8.32 Å². The molecule has 136 valence electrons. The summed E-state index contributed by atoms with van der Waals surface area (Å²) >= 11 is 6.06. The third-order valence-corrected chi connectivity index (χ3v) is 4.10. The monoisotopic (exact) mass is 390 g/mol. The Morgan fingerprint density at radius 2 is 1.88 bits per heavy atom. The van der Waals surface area contributed by atoms with E-state index in [0.29, 0.717) is 28.0 Å². The Kier molecular flexibility index (Phi) is 6.17. The molecule has 0 aromatic heterocycles. The lowest BCUT2D eigenvalue weighted by molar-refractivity contribution is -0.384. The Hall–Kier alpha value is -2.64. The number of nitro groups is 1. The first-order valence-corrected chi connectivity index (χ1v) is 11.6. The molecule has 0 bridgehead atoms. The Morgan fingerprint density at radius 3 is 2.46 bits per heavy atom. The molecule has 0 atom stereocenters. The Bertz CT molecular complexity index is 845. The summed E-state index contributed by atoms with van der Waals surface area (Å²) in [6, 6.07) is 10.9. The van der Waals surface area contributed by atoms with E-state index in [1.165, 1.54) is 24.3 Å². The molecule has 2 rings (SSSR count). The van der Waals surface area contributed by atoms with Crippen molar-refractivity contribution in [1.82, 2.24) is 0 Å². The average molecular weight is 391 g/mol. The summed E-state index contributed by atoms with van der Waals surface area (Å²) in [7, 11) is -1.78. The van der Waals surface area contributed by atoms with Crippen molar-refractivity contribution in [2.75, 3.05) is 0 Å². The fourth-order valence-corrected chi connectivity index (χ4v) is 2.94. The Morgan fingerprint density at radius 1 is 1.23 bits per heavy atom. The van der Waals surface area contributed by atoms with Gasteiger partial charge in [-0.1, -0.05) is 11.6 Å². The van der Waals surface area contributed by atoms with E-state index in [1.54, 1.807) is 24.4 Å². The third-order valence-electron chi connectivity index (χ3n) is 3.02. The number of rotatable bonds is 7. The number of aliphatic imine (C=N–C) groups is 1. The van der Waals surface area contributed by atoms with E-state index < -0.39 is 13.2 Å². The lowest BCUT2D eigenvalue weighted by Crippen LogP contribution is -2.24. The average Bonchev–Trinajstić information content (AvgIpc) is 2.54. The van der Waals surface area contributed by atoms with E-state index in [4.69, 9.17) is 20.8 Å². The zero-order chi connectivity index (χ0) is 19.3. The molecule has 0 N–H and O–H groups in total. The highest BCUT2D eigenvalue weighted by atomic mass is 35.5. The van der Waals surface area contributed by atoms with Gasteiger partial charge in [0.1, 0.15) is 11.5 Å². The van der Waals surface area contributed by atoms with Crippen molar-refractivity contribution in [3.63, 3.8) is 0 Å². The van der Waals surface area contributed by atoms with Crippen molar-refractivity contribution in [3.05, 3.63) is 75.6 Å². The number of hydrogen-bond acceptors (Lipinski definition) is 5. The van der Waals surface area contributed by atoms with Gasteiger partial charge in [0, 0.05) is 28.9 Å². The summed E-state index contributed by atoms with van der Waals surface area (Å²) in [5, 5.41) is 11.3. The van der Waals surface area contributed by atoms with Gasteiger partial charge < -0.3 is 9.16 Å². The number of benzene rings is 2. The SMILES string of the molecule is C=C(/N=C/c1cc(Cl)ccc1Oc1ccc([N+](=O)[O-])cc1)O[Si](C)(C)C. The van der Waals surface area contributed by atoms with E-state index in [2.05, 4.69) is 11.6 Å². The van der Waals surface area contributed by atoms with Gasteiger partial charge in [-0.25, -0.2) is 4.99 Å². The molecule has 0 heterocycles. The molecular formula is C18H19ClN2O4Si. The van der Waals surface area contributed by atoms with Crippen molar-refractivity contribution >= 4 is 31.8 Å². The second kappa shape index (κ2) is 8.16. The van der Waals surface area contributed by atoms with E-state index >= 15 is 0 Å². The predicted octanol–water partition coefficient (Wildman–Crippen LogP) is 5.78. The van der Waals surface area contributed by atoms with E-state index in [1.807, 2.05) is 19.6 Å². The summed E-state index contributed by atoms with van der Waals surface area (Å²) in [4.78, 5) is 14.5. The molecular weight excluding hydrogens is 372 g/mol. The minimum atomic E-state index is -1.78. The quantitative estimate of drug-likeness (QED) is 0.197. The van der Waals surface area contributed by atoms with Crippen LogP contribution in [0.1, 0.15) is 5.56 Å². The summed E-state index contributed by atoms with van der Waals surface area (Å²) in [6.07, 6.45) is 1.56. The van der Waals surface area contributed by atoms with Gasteiger partial charge in [0.25, 0.3) is 5.69 Å². The second-order valence-electron chi connectivity index (χ2n) is 6.40. The fraction of sp³-hybridized carbons (Fsp3) is 0.167. The maximum absolute atomic E-state index is 10.7. The topological polar surface area (TPSA) is 74.0 Å². The van der Waals surface area contributed by atoms with Crippen LogP contribution >= 0.6 is 11.6 Å². The van der Waals surface area contributed by atoms with Crippen molar-refractivity contribution < 1.29 is 14.1 Å². The van der Waals surface area contributed by atoms with Crippen LogP contribution in [0.5, 0.6) is 11.5 Å². The lowest BCUT2D eigenvalue weighted by Gasteiger charge is -2.18. The number of hydrogen-bond donors (Lipinski definition) is 0. The first-order chi connectivity index (χ1) is 12.1. The number of non-ortho nitro benzene ring substituents is 1. The van der Waals surface area contributed by atoms with Crippen molar-refractivity contribution in [2.24, 2.45) is 4.99 Å². The van der Waals surface area contributed by atoms with E-state index in [0.717, 1.165) is 0 Å². The highest BCUT2D eigenvalue weighted by Crippen LogP contribution is 2.28. The fourth-order valence-electron chi connectivity index (χ4n) is 2.00. The maximum Gasteiger partial charge on any atom is 0.269 e. The van der Waals surface area contributed by atoms with Crippen LogP contribution in [0.25, 0.3) is 0 Å². The smallest absolute Gasteiger partial charge is 0.269 e. The van der Waals surface area contributed by atoms with Gasteiger partial charge in [0.05, 0.1) is 4.92 Å². The molecule has 0 unspecified atom stereocenters. The van der Waals surface area contributed by atoms with Crippen LogP contribution in [0.4, 0.5) is 5.69 Å². The Balaban J connectivity index is 2.21. The summed E-state index contributed by atoms with van der Waals surface area (Å²) in [5.41, 5.74) is 0.631. The Labute approximate surface area is 158 Å². The molecule has 0 saturated heterocycles. The third kappa shape index (κ3) is 6.02. The van der Waals surface area contributed by atoms with Crippen LogP contribution in [0.2, 0.25) is 24.7 Å². The van der Waals surface area contributed by atoms with E-state index in [-0.39, 0.29) is 5.69 Å². The first kappa shape index (κ1) is 19.7. The zero-order valence-corrected chi connectivity index (χ0v) is 16.5. The van der Waals surface area contributed by atoms with E-state index in [9.17, 15) is 10.1 Å². The minimum Gasteiger partial charge on any atom is -0.532 e. The molecule has 0 aliphatic carbocycles. The van der Waals surface area contributed by atoms with Gasteiger partial charge in [-0.2, -0.15) is 0 Å². The predicted molar refractivity (Wildman–Crippen MR) is 106 cm³/mol. The molecule has 6 nitrogen and oxygen atoms in total. The molecule has 2 aromatic rings. The van der Waals surface area contributed by atoms with Gasteiger partial charge in [0.15, 0.2) is 5.88 Å². The number of halogens is 1. The molecule has 0 spiro atoms. The summed E-state index contributed by atoms with van der Waals surface area (Å²) in [6.45, 7) is 9.91. The highest BCUT2D eigenvalue weighted by molar-refractivity contribution is 6.70. The van der Waals surface area contributed by atoms with Gasteiger partial charge in [-0.15, -0.1) is 0 Å². The molecule has 0 aliphatic rings. The van der Waals surface area contributed by atoms with Gasteiger partial charge >= 0.3 is 0 Å². The summed E-state index contributed by atoms with van der Waals surface area (Å²) in [5.74, 6) is 1.29. The van der Waals surface area contributed by atoms with Crippen LogP contribution in [-0.2, 0) is 4.43 Å². The maximum atomic E-state index is 10.7. The van der Waals surface area contributed by atoms with Crippen LogP contribution in [0.3, 0.4) is 0 Å². The molecule has 0 amide bonds. The second-order valence-corrected chi connectivity index (χ2v) is 11.3. The first-order valence-electron chi connectivity index (χ1n) is 7.78. The normalized spacial score (nSPS) is 11.4. The van der Waals surface area contributed by atoms with Gasteiger partial charge in [-0.3, -0.25) is 10.1 Å². The molecule has 0 saturated carbocycles. The van der Waals surface area contributed by atoms with Crippen molar-refractivity contribution in [3.8, 4) is 11.5 Å². The van der Waals surface area contributed by atoms with Crippen LogP contribution in [0.15, 0.2) is 59.9 Å². The molecule has 8 heteroatoms. The standard InChI is InChI=1S/C18H19ClN2O4Si/c1-13(25-26(2,3)4)20-12-14-11-15(19)5-10-18(14)24-17-8-6-16(7-9-17)21(22)23/h5-12H,1H2,2-4H3/b20-12+. The molecule has 0 radical (unpaired) electrons. The highest BCUT2D eigenvalue weighted by Gasteiger charge is 2.16. The number of nitrogens with zero attached hydrogens (tertiary/aromatic N) is 2. The van der Waals surface area contributed by atoms with Gasteiger partial charge in [-0.05, 0) is 56.6 Å². The molecule has 26 heavy (non-hydrogen) atoms. The molecule has 0 aliphatic heterocycles. The van der Waals surface area contributed by atoms with Crippen LogP contribution < -0.4 is 4.74 Å². The number of nitro benzene ring substituents is 1. The van der Waals surface area contributed by atoms with Crippen LogP contribution in [0, 0.1) is 10.1 Å². The largest absolute Gasteiger partial charge is 0.532 e. The number of ether oxygens (including phenoxy) is 1. The molecule has 2 aromatic carbocycles. The van der Waals surface area contributed by atoms with Crippen LogP contribution in [-0.4, -0.2) is 19.5 Å². The lowest BCUT2D eigenvalue weighted by atomic mass is 10.2. The van der Waals surface area contributed by atoms with Crippen molar-refractivity contribution in [1.29, 1.82) is 0 Å². The van der Waals surface area contributed by atoms with Crippen molar-refractivity contribution in [2.45, 2.75) is 19.6 Å². The zero-order valence-electron chi connectivity index (χ0n) is 14.7. The molecule has 0 fully saturated rings. The summed E-state index contributed by atoms with van der Waals surface area (Å²) < 4.78 is 11.5. The minimum absolute atomic E-state index is 0.00460.